The predicted molar refractivity (Wildman–Crippen MR) is 62.7 cm³/mol. The minimum absolute atomic E-state index is 0.708. The molecule has 0 bridgehead atoms. The van der Waals surface area contributed by atoms with Gasteiger partial charge < -0.3 is 5.73 Å². The highest BCUT2D eigenvalue weighted by Crippen LogP contribution is 2.40. The van der Waals surface area contributed by atoms with Gasteiger partial charge in [-0.3, -0.25) is 0 Å². The minimum Gasteiger partial charge on any atom is -0.390 e. The largest absolute Gasteiger partial charge is 0.390 e. The zero-order valence-electron chi connectivity index (χ0n) is 7.57. The summed E-state index contributed by atoms with van der Waals surface area (Å²) in [5.74, 6) is 0. The van der Waals surface area contributed by atoms with Crippen molar-refractivity contribution in [2.45, 2.75) is 4.90 Å². The normalized spacial score (nSPS) is 10.3. The first-order valence-corrected chi connectivity index (χ1v) is 6.07. The second-order valence-corrected chi connectivity index (χ2v) is 4.66. The Labute approximate surface area is 90.3 Å². The van der Waals surface area contributed by atoms with Crippen LogP contribution >= 0.6 is 23.1 Å². The average Bonchev–Trinajstić information content (AvgIpc) is 2.52. The van der Waals surface area contributed by atoms with Crippen molar-refractivity contribution in [3.63, 3.8) is 0 Å². The van der Waals surface area contributed by atoms with Crippen LogP contribution in [0.2, 0.25) is 0 Å². The molecule has 14 heavy (non-hydrogen) atoms. The van der Waals surface area contributed by atoms with E-state index in [4.69, 9.17) is 11.0 Å². The summed E-state index contributed by atoms with van der Waals surface area (Å²) in [5, 5.41) is 10.8. The zero-order chi connectivity index (χ0) is 10.1. The van der Waals surface area contributed by atoms with Crippen LogP contribution in [0.4, 0.5) is 5.00 Å². The fourth-order valence-electron chi connectivity index (χ4n) is 1.41. The minimum atomic E-state index is 0.708. The van der Waals surface area contributed by atoms with Gasteiger partial charge in [-0.2, -0.15) is 5.26 Å². The Morgan fingerprint density at radius 3 is 2.93 bits per heavy atom. The number of fused-ring (bicyclic) bond motifs is 1. The van der Waals surface area contributed by atoms with Crippen molar-refractivity contribution in [3.8, 4) is 6.07 Å². The van der Waals surface area contributed by atoms with Crippen LogP contribution in [0.5, 0.6) is 0 Å². The Kier molecular flexibility index (Phi) is 2.36. The third-order valence-electron chi connectivity index (χ3n) is 2.02. The van der Waals surface area contributed by atoms with E-state index in [2.05, 4.69) is 6.07 Å². The van der Waals surface area contributed by atoms with E-state index in [-0.39, 0.29) is 0 Å². The molecule has 2 rings (SSSR count). The van der Waals surface area contributed by atoms with Crippen LogP contribution in [0, 0.1) is 11.3 Å². The summed E-state index contributed by atoms with van der Waals surface area (Å²) in [6.07, 6.45) is 2.00. The smallest absolute Gasteiger partial charge is 0.101 e. The second kappa shape index (κ2) is 3.52. The first-order valence-electron chi connectivity index (χ1n) is 4.03. The molecule has 0 amide bonds. The highest BCUT2D eigenvalue weighted by molar-refractivity contribution is 7.99. The van der Waals surface area contributed by atoms with E-state index in [1.807, 2.05) is 24.5 Å². The lowest BCUT2D eigenvalue weighted by molar-refractivity contribution is 1.51. The standard InChI is InChI=1S/C10H8N2S2/c1-13-9-7-4-2-3-6(5-11)8(7)14-10(9)12/h2-4H,12H2,1H3. The molecule has 0 aliphatic heterocycles. The summed E-state index contributed by atoms with van der Waals surface area (Å²) in [7, 11) is 0. The highest BCUT2D eigenvalue weighted by Gasteiger charge is 2.10. The van der Waals surface area contributed by atoms with Crippen molar-refractivity contribution >= 4 is 38.2 Å². The van der Waals surface area contributed by atoms with Crippen LogP contribution in [0.3, 0.4) is 0 Å². The third kappa shape index (κ3) is 1.26. The molecular formula is C10H8N2S2. The Morgan fingerprint density at radius 1 is 1.50 bits per heavy atom. The number of rotatable bonds is 1. The van der Waals surface area contributed by atoms with E-state index in [0.29, 0.717) is 5.56 Å². The molecule has 0 saturated carbocycles. The van der Waals surface area contributed by atoms with Gasteiger partial charge in [-0.15, -0.1) is 23.1 Å². The van der Waals surface area contributed by atoms with E-state index in [0.717, 1.165) is 20.0 Å². The molecule has 2 N–H and O–H groups in total. The molecule has 0 saturated heterocycles. The van der Waals surface area contributed by atoms with E-state index < -0.39 is 0 Å². The van der Waals surface area contributed by atoms with E-state index >= 15 is 0 Å². The van der Waals surface area contributed by atoms with Gasteiger partial charge in [-0.05, 0) is 12.3 Å². The number of nitriles is 1. The number of nitrogens with zero attached hydrogens (tertiary/aromatic N) is 1. The molecule has 1 aromatic heterocycles. The first kappa shape index (κ1) is 9.38. The molecule has 0 unspecified atom stereocenters. The van der Waals surface area contributed by atoms with Crippen molar-refractivity contribution in [2.24, 2.45) is 0 Å². The van der Waals surface area contributed by atoms with E-state index in [9.17, 15) is 0 Å². The van der Waals surface area contributed by atoms with Crippen molar-refractivity contribution in [3.05, 3.63) is 23.8 Å². The van der Waals surface area contributed by atoms with Crippen molar-refractivity contribution < 1.29 is 0 Å². The molecule has 1 heterocycles. The lowest BCUT2D eigenvalue weighted by atomic mass is 10.2. The Hall–Kier alpha value is -1.18. The Balaban J connectivity index is 2.87. The van der Waals surface area contributed by atoms with Crippen LogP contribution < -0.4 is 5.73 Å². The number of nitrogens with two attached hydrogens (primary N) is 1. The van der Waals surface area contributed by atoms with Gasteiger partial charge in [0.15, 0.2) is 0 Å². The summed E-state index contributed by atoms with van der Waals surface area (Å²) in [4.78, 5) is 1.09. The monoisotopic (exact) mass is 220 g/mol. The second-order valence-electron chi connectivity index (χ2n) is 2.79. The molecule has 70 valence electrons. The van der Waals surface area contributed by atoms with Gasteiger partial charge in [0.05, 0.1) is 10.3 Å². The number of benzene rings is 1. The van der Waals surface area contributed by atoms with Crippen LogP contribution in [0.25, 0.3) is 10.1 Å². The van der Waals surface area contributed by atoms with Crippen LogP contribution in [0.1, 0.15) is 5.56 Å². The van der Waals surface area contributed by atoms with Crippen LogP contribution in [0.15, 0.2) is 23.1 Å². The third-order valence-corrected chi connectivity index (χ3v) is 4.07. The van der Waals surface area contributed by atoms with Crippen LogP contribution in [-0.4, -0.2) is 6.26 Å². The number of hydrogen-bond acceptors (Lipinski definition) is 4. The Morgan fingerprint density at radius 2 is 2.29 bits per heavy atom. The van der Waals surface area contributed by atoms with Crippen molar-refractivity contribution in [1.82, 2.24) is 0 Å². The topological polar surface area (TPSA) is 49.8 Å². The molecule has 4 heteroatoms. The number of nitrogen functional groups attached to an aromatic ring is 1. The van der Waals surface area contributed by atoms with Gasteiger partial charge in [0.25, 0.3) is 0 Å². The lowest BCUT2D eigenvalue weighted by Gasteiger charge is -1.94. The van der Waals surface area contributed by atoms with Crippen molar-refractivity contribution in [2.75, 3.05) is 12.0 Å². The molecule has 0 fully saturated rings. The summed E-state index contributed by atoms with van der Waals surface area (Å²) in [6.45, 7) is 0. The summed E-state index contributed by atoms with van der Waals surface area (Å²) < 4.78 is 0.997. The molecule has 2 aromatic rings. The zero-order valence-corrected chi connectivity index (χ0v) is 9.21. The number of anilines is 1. The van der Waals surface area contributed by atoms with Gasteiger partial charge in [0, 0.05) is 10.3 Å². The van der Waals surface area contributed by atoms with Gasteiger partial charge in [0.1, 0.15) is 11.1 Å². The highest BCUT2D eigenvalue weighted by atomic mass is 32.2. The van der Waals surface area contributed by atoms with Gasteiger partial charge in [-0.1, -0.05) is 12.1 Å². The molecule has 0 aliphatic carbocycles. The summed E-state index contributed by atoms with van der Waals surface area (Å²) in [6, 6.07) is 7.91. The van der Waals surface area contributed by atoms with Crippen molar-refractivity contribution in [1.29, 1.82) is 5.26 Å². The molecule has 2 nitrogen and oxygen atoms in total. The van der Waals surface area contributed by atoms with E-state index in [1.54, 1.807) is 11.8 Å². The molecule has 0 spiro atoms. The summed E-state index contributed by atoms with van der Waals surface area (Å²) >= 11 is 3.12. The fraction of sp³-hybridized carbons (Fsp3) is 0.100. The number of thiophene rings is 1. The first-order chi connectivity index (χ1) is 6.77. The molecule has 0 atom stereocenters. The molecular weight excluding hydrogens is 212 g/mol. The summed E-state index contributed by atoms with van der Waals surface area (Å²) in [5.41, 5.74) is 6.58. The SMILES string of the molecule is CSc1c(N)sc2c(C#N)cccc12. The quantitative estimate of drug-likeness (QED) is 0.751. The van der Waals surface area contributed by atoms with Gasteiger partial charge in [-0.25, -0.2) is 0 Å². The maximum absolute atomic E-state index is 8.92. The molecule has 0 aliphatic rings. The fourth-order valence-corrected chi connectivity index (χ4v) is 3.37. The number of thioether (sulfide) groups is 1. The van der Waals surface area contributed by atoms with Gasteiger partial charge in [0.2, 0.25) is 0 Å². The average molecular weight is 220 g/mol. The lowest BCUT2D eigenvalue weighted by Crippen LogP contribution is -1.79. The number of hydrogen-bond donors (Lipinski definition) is 1. The predicted octanol–water partition coefficient (Wildman–Crippen LogP) is 3.08. The van der Waals surface area contributed by atoms with E-state index in [1.165, 1.54) is 11.3 Å². The molecule has 1 aromatic carbocycles. The maximum Gasteiger partial charge on any atom is 0.101 e. The molecule has 0 radical (unpaired) electrons. The van der Waals surface area contributed by atoms with Crippen LogP contribution in [-0.2, 0) is 0 Å². The Bertz CT molecular complexity index is 523. The van der Waals surface area contributed by atoms with Gasteiger partial charge >= 0.3 is 0 Å². The maximum atomic E-state index is 8.92.